The van der Waals surface area contributed by atoms with Gasteiger partial charge in [0, 0.05) is 6.61 Å². The van der Waals surface area contributed by atoms with E-state index in [0.717, 1.165) is 12.8 Å². The fourth-order valence-electron chi connectivity index (χ4n) is 2.03. The Morgan fingerprint density at radius 1 is 1.56 bits per heavy atom. The van der Waals surface area contributed by atoms with Crippen molar-refractivity contribution < 1.29 is 23.8 Å². The molecule has 1 aliphatic heterocycles. The quantitative estimate of drug-likeness (QED) is 0.809. The molecule has 1 fully saturated rings. The number of aromatic nitrogens is 2. The van der Waals surface area contributed by atoms with Crippen molar-refractivity contribution >= 4 is 5.97 Å². The minimum absolute atomic E-state index is 0.0175. The van der Waals surface area contributed by atoms with Gasteiger partial charge in [-0.3, -0.25) is 0 Å². The number of carbonyl (C=O) groups is 1. The summed E-state index contributed by atoms with van der Waals surface area (Å²) in [5.74, 6) is -0.0398. The van der Waals surface area contributed by atoms with Gasteiger partial charge in [0.05, 0.1) is 12.0 Å². The zero-order chi connectivity index (χ0) is 13.0. The van der Waals surface area contributed by atoms with Gasteiger partial charge >= 0.3 is 5.97 Å². The van der Waals surface area contributed by atoms with Gasteiger partial charge in [0.25, 0.3) is 0 Å². The molecule has 1 aromatic heterocycles. The molecule has 100 valence electrons. The van der Waals surface area contributed by atoms with Crippen LogP contribution in [0, 0.1) is 0 Å². The van der Waals surface area contributed by atoms with E-state index in [1.807, 2.05) is 0 Å². The highest BCUT2D eigenvalue weighted by atomic mass is 16.5. The van der Waals surface area contributed by atoms with Crippen LogP contribution in [0.4, 0.5) is 0 Å². The largest absolute Gasteiger partial charge is 0.480 e. The van der Waals surface area contributed by atoms with Crippen LogP contribution in [0.1, 0.15) is 37.5 Å². The maximum Gasteiger partial charge on any atom is 0.329 e. The third-order valence-corrected chi connectivity index (χ3v) is 2.86. The Morgan fingerprint density at radius 2 is 2.39 bits per heavy atom. The molecule has 2 unspecified atom stereocenters. The van der Waals surface area contributed by atoms with Crippen molar-refractivity contribution in [1.82, 2.24) is 10.2 Å². The number of rotatable bonds is 6. The molecule has 0 spiro atoms. The normalized spacial score (nSPS) is 23.4. The lowest BCUT2D eigenvalue weighted by molar-refractivity contribution is -0.142. The second-order valence-electron chi connectivity index (χ2n) is 4.13. The molecule has 0 saturated carbocycles. The standard InChI is InChI=1S/C11H16N2O5/c1-2-8-7(3-4-17-8)11-13-12-9(18-11)5-16-6-10(14)15/h7-8H,2-6H2,1H3,(H,14,15). The van der Waals surface area contributed by atoms with Crippen LogP contribution in [0.25, 0.3) is 0 Å². The van der Waals surface area contributed by atoms with E-state index in [4.69, 9.17) is 19.0 Å². The van der Waals surface area contributed by atoms with Gasteiger partial charge in [0.1, 0.15) is 13.2 Å². The Kier molecular flexibility index (Phi) is 4.27. The van der Waals surface area contributed by atoms with Crippen molar-refractivity contribution in [3.63, 3.8) is 0 Å². The molecule has 0 radical (unpaired) electrons. The first-order valence-electron chi connectivity index (χ1n) is 5.94. The lowest BCUT2D eigenvalue weighted by Gasteiger charge is -2.11. The first-order valence-corrected chi connectivity index (χ1v) is 5.94. The van der Waals surface area contributed by atoms with Crippen molar-refractivity contribution in [1.29, 1.82) is 0 Å². The maximum absolute atomic E-state index is 10.3. The summed E-state index contributed by atoms with van der Waals surface area (Å²) in [6.07, 6.45) is 1.90. The fraction of sp³-hybridized carbons (Fsp3) is 0.727. The molecule has 2 atom stereocenters. The van der Waals surface area contributed by atoms with Crippen LogP contribution in [0.15, 0.2) is 4.42 Å². The molecule has 7 heteroatoms. The first-order chi connectivity index (χ1) is 8.70. The second-order valence-corrected chi connectivity index (χ2v) is 4.13. The number of ether oxygens (including phenoxy) is 2. The van der Waals surface area contributed by atoms with Gasteiger partial charge in [-0.25, -0.2) is 4.79 Å². The van der Waals surface area contributed by atoms with Crippen molar-refractivity contribution in [2.75, 3.05) is 13.2 Å². The molecule has 2 rings (SSSR count). The molecule has 2 heterocycles. The lowest BCUT2D eigenvalue weighted by Crippen LogP contribution is -2.13. The summed E-state index contributed by atoms with van der Waals surface area (Å²) in [4.78, 5) is 10.3. The number of carboxylic acids is 1. The van der Waals surface area contributed by atoms with E-state index in [1.165, 1.54) is 0 Å². The predicted molar refractivity (Wildman–Crippen MR) is 59.0 cm³/mol. The molecule has 0 amide bonds. The Morgan fingerprint density at radius 3 is 3.11 bits per heavy atom. The first kappa shape index (κ1) is 13.0. The van der Waals surface area contributed by atoms with Crippen molar-refractivity contribution in [3.8, 4) is 0 Å². The Bertz CT molecular complexity index is 406. The molecule has 18 heavy (non-hydrogen) atoms. The zero-order valence-electron chi connectivity index (χ0n) is 10.2. The van der Waals surface area contributed by atoms with Crippen molar-refractivity contribution in [2.24, 2.45) is 0 Å². The van der Waals surface area contributed by atoms with Crippen LogP contribution >= 0.6 is 0 Å². The predicted octanol–water partition coefficient (Wildman–Crippen LogP) is 0.953. The molecule has 1 aliphatic rings. The van der Waals surface area contributed by atoms with Gasteiger partial charge in [0.2, 0.25) is 11.8 Å². The summed E-state index contributed by atoms with van der Waals surface area (Å²) >= 11 is 0. The summed E-state index contributed by atoms with van der Waals surface area (Å²) in [6, 6.07) is 0. The van der Waals surface area contributed by atoms with Crippen molar-refractivity contribution in [3.05, 3.63) is 11.8 Å². The number of aliphatic carboxylic acids is 1. The maximum atomic E-state index is 10.3. The van der Waals surface area contributed by atoms with Gasteiger partial charge in [-0.15, -0.1) is 10.2 Å². The van der Waals surface area contributed by atoms with Gasteiger partial charge in [-0.1, -0.05) is 6.92 Å². The van der Waals surface area contributed by atoms with E-state index in [0.29, 0.717) is 18.4 Å². The molecule has 0 bridgehead atoms. The minimum Gasteiger partial charge on any atom is -0.480 e. The second kappa shape index (κ2) is 5.92. The molecule has 7 nitrogen and oxygen atoms in total. The van der Waals surface area contributed by atoms with Gasteiger partial charge in [-0.2, -0.15) is 0 Å². The molecule has 0 aliphatic carbocycles. The van der Waals surface area contributed by atoms with Crippen LogP contribution in [0.2, 0.25) is 0 Å². The summed E-state index contributed by atoms with van der Waals surface area (Å²) in [5.41, 5.74) is 0. The highest BCUT2D eigenvalue weighted by Gasteiger charge is 2.32. The fourth-order valence-corrected chi connectivity index (χ4v) is 2.03. The number of nitrogens with zero attached hydrogens (tertiary/aromatic N) is 2. The third kappa shape index (κ3) is 3.05. The third-order valence-electron chi connectivity index (χ3n) is 2.86. The number of carboxylic acid groups (broad SMARTS) is 1. The lowest BCUT2D eigenvalue weighted by atomic mass is 10.00. The SMILES string of the molecule is CCC1OCCC1c1nnc(COCC(=O)O)o1. The van der Waals surface area contributed by atoms with Gasteiger partial charge in [-0.05, 0) is 12.8 Å². The summed E-state index contributed by atoms with van der Waals surface area (Å²) in [6.45, 7) is 2.40. The van der Waals surface area contributed by atoms with E-state index >= 15 is 0 Å². The average Bonchev–Trinajstić information content (AvgIpc) is 2.95. The summed E-state index contributed by atoms with van der Waals surface area (Å²) < 4.78 is 15.9. The minimum atomic E-state index is -1.02. The van der Waals surface area contributed by atoms with E-state index < -0.39 is 5.97 Å². The molecule has 0 aromatic carbocycles. The van der Waals surface area contributed by atoms with E-state index in [1.54, 1.807) is 0 Å². The molecular formula is C11H16N2O5. The molecule has 1 aromatic rings. The topological polar surface area (TPSA) is 94.7 Å². The van der Waals surface area contributed by atoms with Gasteiger partial charge in [0.15, 0.2) is 0 Å². The van der Waals surface area contributed by atoms with Crippen LogP contribution in [0.5, 0.6) is 0 Å². The highest BCUT2D eigenvalue weighted by Crippen LogP contribution is 2.32. The smallest absolute Gasteiger partial charge is 0.329 e. The van der Waals surface area contributed by atoms with Crippen molar-refractivity contribution in [2.45, 2.75) is 38.4 Å². The van der Waals surface area contributed by atoms with Crippen LogP contribution < -0.4 is 0 Å². The van der Waals surface area contributed by atoms with Crippen LogP contribution in [-0.2, 0) is 20.9 Å². The average molecular weight is 256 g/mol. The summed E-state index contributed by atoms with van der Waals surface area (Å²) in [7, 11) is 0. The molecule has 1 saturated heterocycles. The Hall–Kier alpha value is -1.47. The summed E-state index contributed by atoms with van der Waals surface area (Å²) in [5, 5.41) is 16.2. The van der Waals surface area contributed by atoms with E-state index in [2.05, 4.69) is 17.1 Å². The van der Waals surface area contributed by atoms with Gasteiger partial charge < -0.3 is 19.0 Å². The highest BCUT2D eigenvalue weighted by molar-refractivity contribution is 5.67. The Balaban J connectivity index is 1.91. The number of hydrogen-bond acceptors (Lipinski definition) is 6. The van der Waals surface area contributed by atoms with Crippen LogP contribution in [-0.4, -0.2) is 40.6 Å². The molecular weight excluding hydrogens is 240 g/mol. The van der Waals surface area contributed by atoms with E-state index in [-0.39, 0.29) is 25.2 Å². The van der Waals surface area contributed by atoms with E-state index in [9.17, 15) is 4.79 Å². The Labute approximate surface area is 104 Å². The number of hydrogen-bond donors (Lipinski definition) is 1. The van der Waals surface area contributed by atoms with Crippen LogP contribution in [0.3, 0.4) is 0 Å². The molecule has 1 N–H and O–H groups in total. The monoisotopic (exact) mass is 256 g/mol. The zero-order valence-corrected chi connectivity index (χ0v) is 10.2.